The summed E-state index contributed by atoms with van der Waals surface area (Å²) in [6.45, 7) is 1.55. The van der Waals surface area contributed by atoms with E-state index in [9.17, 15) is 31.1 Å². The summed E-state index contributed by atoms with van der Waals surface area (Å²) in [5.74, 6) is -1.22. The van der Waals surface area contributed by atoms with Crippen LogP contribution in [0.25, 0.3) is 22.2 Å². The van der Waals surface area contributed by atoms with Crippen molar-refractivity contribution in [3.05, 3.63) is 47.3 Å². The predicted molar refractivity (Wildman–Crippen MR) is 83.2 cm³/mol. The SMILES string of the molecule is CCOC(=O)c1cc(-c2cc(C(F)(F)F)nc3c(C(F)(F)F)cccc23)on1. The molecule has 3 rings (SSSR count). The zero-order valence-corrected chi connectivity index (χ0v) is 14.0. The van der Waals surface area contributed by atoms with Gasteiger partial charge < -0.3 is 9.26 Å². The number of carbonyl (C=O) groups excluding carboxylic acids is 1. The van der Waals surface area contributed by atoms with Crippen LogP contribution in [-0.4, -0.2) is 22.7 Å². The first-order chi connectivity index (χ1) is 13.0. The lowest BCUT2D eigenvalue weighted by Crippen LogP contribution is -2.12. The second-order valence-electron chi connectivity index (χ2n) is 5.55. The van der Waals surface area contributed by atoms with Gasteiger partial charge in [-0.05, 0) is 19.1 Å². The lowest BCUT2D eigenvalue weighted by Gasteiger charge is -2.14. The third kappa shape index (κ3) is 3.64. The summed E-state index contributed by atoms with van der Waals surface area (Å²) in [6, 6.07) is 4.36. The highest BCUT2D eigenvalue weighted by Crippen LogP contribution is 2.40. The molecule has 0 aliphatic heterocycles. The molecule has 0 radical (unpaired) electrons. The molecule has 1 aromatic carbocycles. The molecule has 0 unspecified atom stereocenters. The number of carbonyl (C=O) groups is 1. The average Bonchev–Trinajstić information content (AvgIpc) is 3.08. The van der Waals surface area contributed by atoms with Gasteiger partial charge in [0.05, 0.1) is 17.7 Å². The maximum atomic E-state index is 13.3. The molecule has 0 fully saturated rings. The molecule has 0 saturated carbocycles. The van der Waals surface area contributed by atoms with Crippen LogP contribution >= 0.6 is 0 Å². The second-order valence-corrected chi connectivity index (χ2v) is 5.55. The number of ether oxygens (including phenoxy) is 1. The van der Waals surface area contributed by atoms with Crippen LogP contribution in [0.2, 0.25) is 0 Å². The van der Waals surface area contributed by atoms with Crippen molar-refractivity contribution in [2.45, 2.75) is 19.3 Å². The lowest BCUT2D eigenvalue weighted by atomic mass is 10.0. The van der Waals surface area contributed by atoms with Crippen molar-refractivity contribution in [3.63, 3.8) is 0 Å². The Balaban J connectivity index is 2.29. The van der Waals surface area contributed by atoms with E-state index < -0.39 is 35.1 Å². The standard InChI is InChI=1S/C17H10F6N2O3/c1-2-27-15(26)11-7-12(28-25-11)9-6-13(17(21,22)23)24-14-8(9)4-3-5-10(14)16(18,19)20/h3-7H,2H2,1H3. The maximum absolute atomic E-state index is 13.3. The number of pyridine rings is 1. The van der Waals surface area contributed by atoms with E-state index >= 15 is 0 Å². The lowest BCUT2D eigenvalue weighted by molar-refractivity contribution is -0.142. The third-order valence-corrected chi connectivity index (χ3v) is 3.70. The fourth-order valence-corrected chi connectivity index (χ4v) is 2.53. The molecule has 2 heterocycles. The first-order valence-electron chi connectivity index (χ1n) is 7.74. The monoisotopic (exact) mass is 404 g/mol. The molecule has 0 N–H and O–H groups in total. The Hall–Kier alpha value is -3.11. The highest BCUT2D eigenvalue weighted by molar-refractivity contribution is 5.96. The third-order valence-electron chi connectivity index (χ3n) is 3.70. The minimum Gasteiger partial charge on any atom is -0.461 e. The topological polar surface area (TPSA) is 65.2 Å². The summed E-state index contributed by atoms with van der Waals surface area (Å²) in [6.07, 6.45) is -9.93. The number of hydrogen-bond donors (Lipinski definition) is 0. The Kier molecular flexibility index (Phi) is 4.77. The summed E-state index contributed by atoms with van der Waals surface area (Å²) in [5, 5.41) is 3.17. The van der Waals surface area contributed by atoms with Crippen LogP contribution < -0.4 is 0 Å². The molecule has 3 aromatic rings. The average molecular weight is 404 g/mol. The molecule has 0 aliphatic carbocycles. The number of alkyl halides is 6. The number of para-hydroxylation sites is 1. The number of esters is 1. The zero-order chi connectivity index (χ0) is 20.7. The van der Waals surface area contributed by atoms with E-state index in [2.05, 4.69) is 10.1 Å². The van der Waals surface area contributed by atoms with Crippen molar-refractivity contribution in [1.82, 2.24) is 10.1 Å². The number of nitrogens with zero attached hydrogens (tertiary/aromatic N) is 2. The number of benzene rings is 1. The number of rotatable bonds is 3. The molecular weight excluding hydrogens is 394 g/mol. The Morgan fingerprint density at radius 3 is 2.43 bits per heavy atom. The molecule has 5 nitrogen and oxygen atoms in total. The van der Waals surface area contributed by atoms with Gasteiger partial charge in [-0.25, -0.2) is 9.78 Å². The van der Waals surface area contributed by atoms with Gasteiger partial charge in [-0.2, -0.15) is 26.3 Å². The zero-order valence-electron chi connectivity index (χ0n) is 14.0. The van der Waals surface area contributed by atoms with E-state index in [-0.39, 0.29) is 29.0 Å². The quantitative estimate of drug-likeness (QED) is 0.449. The van der Waals surface area contributed by atoms with Crippen molar-refractivity contribution in [3.8, 4) is 11.3 Å². The van der Waals surface area contributed by atoms with Gasteiger partial charge in [0.15, 0.2) is 11.5 Å². The molecule has 11 heteroatoms. The van der Waals surface area contributed by atoms with Crippen molar-refractivity contribution in [1.29, 1.82) is 0 Å². The Labute approximate surface area is 152 Å². The van der Waals surface area contributed by atoms with Crippen LogP contribution in [0.5, 0.6) is 0 Å². The highest BCUT2D eigenvalue weighted by atomic mass is 19.4. The van der Waals surface area contributed by atoms with Crippen molar-refractivity contribution in [2.75, 3.05) is 6.61 Å². The normalized spacial score (nSPS) is 12.4. The summed E-state index contributed by atoms with van der Waals surface area (Å²) in [7, 11) is 0. The molecule has 28 heavy (non-hydrogen) atoms. The van der Waals surface area contributed by atoms with E-state index in [1.165, 1.54) is 13.0 Å². The van der Waals surface area contributed by atoms with E-state index in [0.29, 0.717) is 12.1 Å². The van der Waals surface area contributed by atoms with E-state index in [4.69, 9.17) is 9.26 Å². The molecule has 0 bridgehead atoms. The molecule has 148 valence electrons. The molecule has 0 amide bonds. The Morgan fingerprint density at radius 2 is 1.82 bits per heavy atom. The van der Waals surface area contributed by atoms with Crippen LogP contribution in [0.1, 0.15) is 28.7 Å². The van der Waals surface area contributed by atoms with Gasteiger partial charge in [-0.1, -0.05) is 17.3 Å². The molecule has 0 atom stereocenters. The largest absolute Gasteiger partial charge is 0.461 e. The van der Waals surface area contributed by atoms with Gasteiger partial charge in [-0.15, -0.1) is 0 Å². The fourth-order valence-electron chi connectivity index (χ4n) is 2.53. The number of aromatic nitrogens is 2. The Bertz CT molecular complexity index is 1040. The van der Waals surface area contributed by atoms with Gasteiger partial charge >= 0.3 is 18.3 Å². The van der Waals surface area contributed by atoms with E-state index in [0.717, 1.165) is 12.1 Å². The molecule has 0 aliphatic rings. The van der Waals surface area contributed by atoms with E-state index in [1.807, 2.05) is 0 Å². The molecule has 0 spiro atoms. The molecule has 2 aromatic heterocycles. The predicted octanol–water partition coefficient (Wildman–Crippen LogP) is 5.10. The summed E-state index contributed by atoms with van der Waals surface area (Å²) >= 11 is 0. The van der Waals surface area contributed by atoms with Crippen LogP contribution in [0.15, 0.2) is 34.9 Å². The molecular formula is C17H10F6N2O3. The highest BCUT2D eigenvalue weighted by Gasteiger charge is 2.38. The smallest absolute Gasteiger partial charge is 0.433 e. The summed E-state index contributed by atoms with van der Waals surface area (Å²) in [5.41, 5.74) is -4.44. The van der Waals surface area contributed by atoms with Gasteiger partial charge in [0, 0.05) is 17.0 Å². The number of fused-ring (bicyclic) bond motifs is 1. The summed E-state index contributed by atoms with van der Waals surface area (Å²) < 4.78 is 89.0. The Morgan fingerprint density at radius 1 is 1.11 bits per heavy atom. The fraction of sp³-hybridized carbons (Fsp3) is 0.235. The number of halogens is 6. The van der Waals surface area contributed by atoms with Gasteiger partial charge in [0.1, 0.15) is 5.69 Å². The van der Waals surface area contributed by atoms with Crippen molar-refractivity contribution >= 4 is 16.9 Å². The van der Waals surface area contributed by atoms with Gasteiger partial charge in [0.2, 0.25) is 0 Å². The minimum absolute atomic E-state index is 0.0202. The minimum atomic E-state index is -5.01. The van der Waals surface area contributed by atoms with Crippen LogP contribution in [-0.2, 0) is 17.1 Å². The first kappa shape index (κ1) is 19.6. The van der Waals surface area contributed by atoms with E-state index in [1.54, 1.807) is 0 Å². The van der Waals surface area contributed by atoms with Crippen LogP contribution in [0.4, 0.5) is 26.3 Å². The summed E-state index contributed by atoms with van der Waals surface area (Å²) in [4.78, 5) is 14.9. The number of hydrogen-bond acceptors (Lipinski definition) is 5. The van der Waals surface area contributed by atoms with Gasteiger partial charge in [0.25, 0.3) is 0 Å². The van der Waals surface area contributed by atoms with Gasteiger partial charge in [-0.3, -0.25) is 0 Å². The van der Waals surface area contributed by atoms with Crippen molar-refractivity contribution in [2.24, 2.45) is 0 Å². The van der Waals surface area contributed by atoms with Crippen LogP contribution in [0, 0.1) is 0 Å². The second kappa shape index (κ2) is 6.80. The van der Waals surface area contributed by atoms with Crippen LogP contribution in [0.3, 0.4) is 0 Å². The molecule has 0 saturated heterocycles. The first-order valence-corrected chi connectivity index (χ1v) is 7.74. The van der Waals surface area contributed by atoms with Crippen molar-refractivity contribution < 1.29 is 40.4 Å². The maximum Gasteiger partial charge on any atom is 0.433 e.